The van der Waals surface area contributed by atoms with E-state index in [0.717, 1.165) is 24.2 Å². The zero-order valence-electron chi connectivity index (χ0n) is 20.6. The first-order chi connectivity index (χ1) is 14.5. The van der Waals surface area contributed by atoms with Gasteiger partial charge in [0, 0.05) is 0 Å². The third-order valence-electron chi connectivity index (χ3n) is 5.62. The van der Waals surface area contributed by atoms with E-state index in [9.17, 15) is 5.11 Å². The summed E-state index contributed by atoms with van der Waals surface area (Å²) in [6.07, 6.45) is 4.58. The SMILES string of the molecule is COc1cccc([C@@H](O[C@@H](COC(C)(C)C)[C@@H](O)COC(C)(C)C)C2CCCCC2)c1. The van der Waals surface area contributed by atoms with E-state index in [-0.39, 0.29) is 23.9 Å². The van der Waals surface area contributed by atoms with Gasteiger partial charge in [-0.25, -0.2) is 0 Å². The molecule has 0 heterocycles. The first-order valence-corrected chi connectivity index (χ1v) is 11.7. The molecule has 0 aromatic heterocycles. The Morgan fingerprint density at radius 1 is 0.935 bits per heavy atom. The van der Waals surface area contributed by atoms with E-state index < -0.39 is 12.2 Å². The Morgan fingerprint density at radius 2 is 1.55 bits per heavy atom. The van der Waals surface area contributed by atoms with Gasteiger partial charge in [-0.3, -0.25) is 0 Å². The number of hydrogen-bond donors (Lipinski definition) is 1. The number of methoxy groups -OCH3 is 1. The zero-order chi connectivity index (χ0) is 23.1. The highest BCUT2D eigenvalue weighted by Crippen LogP contribution is 2.39. The fourth-order valence-electron chi connectivity index (χ4n) is 3.92. The molecule has 0 amide bonds. The largest absolute Gasteiger partial charge is 0.497 e. The van der Waals surface area contributed by atoms with Gasteiger partial charge in [0.25, 0.3) is 0 Å². The Morgan fingerprint density at radius 3 is 2.13 bits per heavy atom. The van der Waals surface area contributed by atoms with Gasteiger partial charge in [0.2, 0.25) is 0 Å². The van der Waals surface area contributed by atoms with E-state index in [0.29, 0.717) is 12.5 Å². The van der Waals surface area contributed by atoms with Gasteiger partial charge in [-0.05, 0) is 78.0 Å². The van der Waals surface area contributed by atoms with E-state index in [1.54, 1.807) is 7.11 Å². The normalized spacial score (nSPS) is 19.1. The molecule has 1 N–H and O–H groups in total. The van der Waals surface area contributed by atoms with Crippen LogP contribution >= 0.6 is 0 Å². The van der Waals surface area contributed by atoms with Crippen LogP contribution in [0.2, 0.25) is 0 Å². The second-order valence-corrected chi connectivity index (χ2v) is 10.7. The highest BCUT2D eigenvalue weighted by molar-refractivity contribution is 5.30. The molecule has 0 bridgehead atoms. The lowest BCUT2D eigenvalue weighted by Crippen LogP contribution is -2.42. The third kappa shape index (κ3) is 9.48. The summed E-state index contributed by atoms with van der Waals surface area (Å²) in [5.74, 6) is 1.23. The van der Waals surface area contributed by atoms with Crippen molar-refractivity contribution in [3.63, 3.8) is 0 Å². The fourth-order valence-corrected chi connectivity index (χ4v) is 3.92. The molecule has 3 atom stereocenters. The standard InChI is InChI=1S/C26H44O5/c1-25(2,3)29-17-22(27)23(18-30-26(4,5)6)31-24(19-12-9-8-10-13-19)20-14-11-15-21(16-20)28-7/h11,14-16,19,22-24,27H,8-10,12-13,17-18H2,1-7H3/t22-,23-,24-/m0/s1. The average molecular weight is 437 g/mol. The van der Waals surface area contributed by atoms with E-state index in [1.807, 2.05) is 53.7 Å². The minimum absolute atomic E-state index is 0.117. The molecule has 0 radical (unpaired) electrons. The topological polar surface area (TPSA) is 57.2 Å². The summed E-state index contributed by atoms with van der Waals surface area (Å²) in [5.41, 5.74) is 0.449. The molecule has 0 unspecified atom stereocenters. The predicted molar refractivity (Wildman–Crippen MR) is 125 cm³/mol. The summed E-state index contributed by atoms with van der Waals surface area (Å²) in [5, 5.41) is 11.0. The summed E-state index contributed by atoms with van der Waals surface area (Å²) in [6, 6.07) is 8.11. The first kappa shape index (κ1) is 26.1. The monoisotopic (exact) mass is 436 g/mol. The maximum absolute atomic E-state index is 11.0. The van der Waals surface area contributed by atoms with Gasteiger partial charge < -0.3 is 24.1 Å². The average Bonchev–Trinajstić information content (AvgIpc) is 2.71. The maximum Gasteiger partial charge on any atom is 0.119 e. The molecule has 1 saturated carbocycles. The molecule has 5 heteroatoms. The molecule has 1 aromatic carbocycles. The van der Waals surface area contributed by atoms with Gasteiger partial charge in [0.1, 0.15) is 18.0 Å². The lowest BCUT2D eigenvalue weighted by atomic mass is 9.82. The number of ether oxygens (including phenoxy) is 4. The molecule has 1 aromatic rings. The van der Waals surface area contributed by atoms with Crippen molar-refractivity contribution in [1.82, 2.24) is 0 Å². The van der Waals surface area contributed by atoms with Gasteiger partial charge in [0.15, 0.2) is 0 Å². The van der Waals surface area contributed by atoms with Gasteiger partial charge in [0.05, 0.1) is 37.6 Å². The van der Waals surface area contributed by atoms with Crippen molar-refractivity contribution in [1.29, 1.82) is 0 Å². The lowest BCUT2D eigenvalue weighted by Gasteiger charge is -2.36. The summed E-state index contributed by atoms with van der Waals surface area (Å²) in [7, 11) is 1.68. The molecule has 2 rings (SSSR count). The van der Waals surface area contributed by atoms with Crippen molar-refractivity contribution >= 4 is 0 Å². The molecule has 31 heavy (non-hydrogen) atoms. The minimum Gasteiger partial charge on any atom is -0.497 e. The first-order valence-electron chi connectivity index (χ1n) is 11.7. The van der Waals surface area contributed by atoms with Gasteiger partial charge in [-0.1, -0.05) is 31.4 Å². The van der Waals surface area contributed by atoms with Crippen LogP contribution in [-0.4, -0.2) is 48.8 Å². The van der Waals surface area contributed by atoms with E-state index in [2.05, 4.69) is 12.1 Å². The van der Waals surface area contributed by atoms with E-state index >= 15 is 0 Å². The predicted octanol–water partition coefficient (Wildman–Crippen LogP) is 5.69. The summed E-state index contributed by atoms with van der Waals surface area (Å²) < 4.78 is 24.1. The molecule has 1 aliphatic carbocycles. The number of rotatable bonds is 10. The zero-order valence-corrected chi connectivity index (χ0v) is 20.6. The fraction of sp³-hybridized carbons (Fsp3) is 0.769. The molecule has 0 aliphatic heterocycles. The Balaban J connectivity index is 2.25. The number of benzene rings is 1. The van der Waals surface area contributed by atoms with E-state index in [1.165, 1.54) is 19.3 Å². The van der Waals surface area contributed by atoms with Crippen molar-refractivity contribution in [3.8, 4) is 5.75 Å². The quantitative estimate of drug-likeness (QED) is 0.510. The molecule has 5 nitrogen and oxygen atoms in total. The van der Waals surface area contributed by atoms with Crippen LogP contribution in [0.3, 0.4) is 0 Å². The second-order valence-electron chi connectivity index (χ2n) is 10.7. The number of aliphatic hydroxyl groups is 1. The lowest BCUT2D eigenvalue weighted by molar-refractivity contribution is -0.168. The van der Waals surface area contributed by atoms with Gasteiger partial charge >= 0.3 is 0 Å². The Kier molecular flexibility index (Phi) is 9.81. The molecule has 1 fully saturated rings. The van der Waals surface area contributed by atoms with Crippen LogP contribution in [0.5, 0.6) is 5.75 Å². The highest BCUT2D eigenvalue weighted by Gasteiger charge is 2.33. The summed E-state index contributed by atoms with van der Waals surface area (Å²) >= 11 is 0. The van der Waals surface area contributed by atoms with Crippen molar-refractivity contribution in [2.75, 3.05) is 20.3 Å². The molecular formula is C26H44O5. The number of hydrogen-bond acceptors (Lipinski definition) is 5. The molecule has 178 valence electrons. The van der Waals surface area contributed by atoms with Gasteiger partial charge in [-0.2, -0.15) is 0 Å². The smallest absolute Gasteiger partial charge is 0.119 e. The van der Waals surface area contributed by atoms with Crippen LogP contribution in [-0.2, 0) is 14.2 Å². The van der Waals surface area contributed by atoms with Crippen molar-refractivity contribution < 1.29 is 24.1 Å². The molecular weight excluding hydrogens is 392 g/mol. The van der Waals surface area contributed by atoms with Crippen LogP contribution < -0.4 is 4.74 Å². The Bertz CT molecular complexity index is 640. The van der Waals surface area contributed by atoms with Crippen LogP contribution in [0.25, 0.3) is 0 Å². The second kappa shape index (κ2) is 11.6. The van der Waals surface area contributed by atoms with Crippen molar-refractivity contribution in [2.45, 2.75) is 103 Å². The van der Waals surface area contributed by atoms with E-state index in [4.69, 9.17) is 18.9 Å². The third-order valence-corrected chi connectivity index (χ3v) is 5.62. The van der Waals surface area contributed by atoms with Crippen LogP contribution in [0.15, 0.2) is 24.3 Å². The summed E-state index contributed by atoms with van der Waals surface area (Å²) in [6.45, 7) is 12.5. The van der Waals surface area contributed by atoms with Crippen molar-refractivity contribution in [2.24, 2.45) is 5.92 Å². The maximum atomic E-state index is 11.0. The Hall–Kier alpha value is -1.14. The molecule has 0 saturated heterocycles. The molecule has 0 spiro atoms. The Labute approximate surface area is 189 Å². The van der Waals surface area contributed by atoms with Crippen LogP contribution in [0.4, 0.5) is 0 Å². The van der Waals surface area contributed by atoms with Crippen LogP contribution in [0.1, 0.15) is 85.3 Å². The summed E-state index contributed by atoms with van der Waals surface area (Å²) in [4.78, 5) is 0. The van der Waals surface area contributed by atoms with Crippen molar-refractivity contribution in [3.05, 3.63) is 29.8 Å². The number of aliphatic hydroxyl groups excluding tert-OH is 1. The van der Waals surface area contributed by atoms with Gasteiger partial charge in [-0.15, -0.1) is 0 Å². The minimum atomic E-state index is -0.779. The molecule has 1 aliphatic rings. The van der Waals surface area contributed by atoms with Crippen LogP contribution in [0, 0.1) is 5.92 Å². The highest BCUT2D eigenvalue weighted by atomic mass is 16.6.